The largest absolute Gasteiger partial charge is 0.211 e. The monoisotopic (exact) mass is 181 g/mol. The van der Waals surface area contributed by atoms with Gasteiger partial charge in [-0.15, -0.1) is 0 Å². The Morgan fingerprint density at radius 2 is 2.00 bits per heavy atom. The zero-order chi connectivity index (χ0) is 9.19. The molecule has 0 bridgehead atoms. The van der Waals surface area contributed by atoms with Crippen molar-refractivity contribution in [1.29, 1.82) is 0 Å². The molecule has 0 aliphatic rings. The minimum Gasteiger partial charge on any atom is -0.0613 e. The van der Waals surface area contributed by atoms with Crippen LogP contribution in [0, 0.1) is 0 Å². The van der Waals surface area contributed by atoms with Gasteiger partial charge in [0.25, 0.3) is 0 Å². The molecule has 0 fully saturated rings. The minimum absolute atomic E-state index is 0.295. The number of rotatable bonds is 1. The Morgan fingerprint density at radius 3 is 2.42 bits per heavy atom. The quantitative estimate of drug-likeness (QED) is 0.577. The molecule has 0 unspecified atom stereocenters. The van der Waals surface area contributed by atoms with Gasteiger partial charge < -0.3 is 0 Å². The predicted molar refractivity (Wildman–Crippen MR) is 56.8 cm³/mol. The summed E-state index contributed by atoms with van der Waals surface area (Å²) in [7, 11) is 0. The molecule has 1 heteroatoms. The molecule has 0 saturated carbocycles. The molecule has 0 saturated heterocycles. The zero-order valence-corrected chi connectivity index (χ0v) is 9.16. The molecule has 0 aliphatic heterocycles. The number of aryl methyl sites for hydroxylation is 1. The molecule has 0 N–H and O–H groups in total. The third-order valence-electron chi connectivity index (χ3n) is 2.07. The molecule has 1 aromatic rings. The summed E-state index contributed by atoms with van der Waals surface area (Å²) >= 11 is 1.79. The van der Waals surface area contributed by atoms with E-state index in [-0.39, 0.29) is 0 Å². The fourth-order valence-electron chi connectivity index (χ4n) is 1.36. The first kappa shape index (κ1) is 9.66. The molecular formula is C11H17S+. The van der Waals surface area contributed by atoms with Gasteiger partial charge in [-0.05, 0) is 23.5 Å². The van der Waals surface area contributed by atoms with Gasteiger partial charge in [0, 0.05) is 5.56 Å². The topological polar surface area (TPSA) is 0 Å². The molecular weight excluding hydrogens is 164 g/mol. The van der Waals surface area contributed by atoms with E-state index in [4.69, 9.17) is 0 Å². The predicted octanol–water partition coefficient (Wildman–Crippen LogP) is 3.89. The summed E-state index contributed by atoms with van der Waals surface area (Å²) < 4.78 is 0. The van der Waals surface area contributed by atoms with E-state index >= 15 is 0 Å². The average molecular weight is 181 g/mol. The van der Waals surface area contributed by atoms with Crippen molar-refractivity contribution in [3.8, 4) is 0 Å². The molecule has 66 valence electrons. The first-order valence-electron chi connectivity index (χ1n) is 4.44. The van der Waals surface area contributed by atoms with Crippen molar-refractivity contribution in [2.24, 2.45) is 0 Å². The summed E-state index contributed by atoms with van der Waals surface area (Å²) in [5, 5.41) is 4.44. The Labute approximate surface area is 79.3 Å². The second kappa shape index (κ2) is 3.53. The normalized spacial score (nSPS) is 11.7. The molecule has 0 spiro atoms. The van der Waals surface area contributed by atoms with E-state index in [1.54, 1.807) is 11.3 Å². The van der Waals surface area contributed by atoms with Gasteiger partial charge in [-0.2, -0.15) is 0 Å². The van der Waals surface area contributed by atoms with Gasteiger partial charge in [-0.1, -0.05) is 27.7 Å². The fraction of sp³-hybridized carbons (Fsp3) is 0.545. The van der Waals surface area contributed by atoms with Crippen LogP contribution in [0.1, 0.15) is 38.8 Å². The summed E-state index contributed by atoms with van der Waals surface area (Å²) in [6.45, 7) is 9.03. The van der Waals surface area contributed by atoms with Gasteiger partial charge in [0.05, 0.1) is 0 Å². The maximum absolute atomic E-state index is 2.28. The second-order valence-electron chi connectivity index (χ2n) is 4.10. The Balaban J connectivity index is 3.14. The SMILES string of the molecule is CCc1cc[s+]cc1C(C)(C)C. The van der Waals surface area contributed by atoms with Crippen LogP contribution in [0.3, 0.4) is 0 Å². The second-order valence-corrected chi connectivity index (χ2v) is 4.88. The lowest BCUT2D eigenvalue weighted by atomic mass is 9.85. The van der Waals surface area contributed by atoms with E-state index in [1.807, 2.05) is 0 Å². The van der Waals surface area contributed by atoms with Crippen molar-refractivity contribution in [2.45, 2.75) is 39.5 Å². The summed E-state index contributed by atoms with van der Waals surface area (Å²) in [5.74, 6) is 0. The van der Waals surface area contributed by atoms with Crippen LogP contribution in [0.5, 0.6) is 0 Å². The Morgan fingerprint density at radius 1 is 1.33 bits per heavy atom. The van der Waals surface area contributed by atoms with Crippen LogP contribution in [0.25, 0.3) is 0 Å². The lowest BCUT2D eigenvalue weighted by Crippen LogP contribution is -2.13. The first-order chi connectivity index (χ1) is 5.55. The van der Waals surface area contributed by atoms with Gasteiger partial charge in [0.15, 0.2) is 10.8 Å². The molecule has 0 nitrogen and oxygen atoms in total. The highest BCUT2D eigenvalue weighted by Gasteiger charge is 2.19. The molecule has 0 amide bonds. The van der Waals surface area contributed by atoms with Crippen LogP contribution in [0.4, 0.5) is 0 Å². The van der Waals surface area contributed by atoms with Gasteiger partial charge in [-0.25, -0.2) is 0 Å². The molecule has 12 heavy (non-hydrogen) atoms. The van der Waals surface area contributed by atoms with Crippen molar-refractivity contribution >= 4 is 11.3 Å². The number of hydrogen-bond donors (Lipinski definition) is 0. The summed E-state index contributed by atoms with van der Waals surface area (Å²) in [6.07, 6.45) is 1.14. The van der Waals surface area contributed by atoms with Crippen LogP contribution in [0.2, 0.25) is 0 Å². The Bertz CT molecular complexity index is 258. The molecule has 0 aromatic carbocycles. The van der Waals surface area contributed by atoms with Crippen LogP contribution in [0.15, 0.2) is 16.8 Å². The smallest absolute Gasteiger partial charge is 0.0613 e. The summed E-state index contributed by atoms with van der Waals surface area (Å²) in [4.78, 5) is 0. The van der Waals surface area contributed by atoms with Gasteiger partial charge in [0.2, 0.25) is 11.3 Å². The van der Waals surface area contributed by atoms with Crippen molar-refractivity contribution in [3.63, 3.8) is 0 Å². The molecule has 0 atom stereocenters. The van der Waals surface area contributed by atoms with E-state index in [1.165, 1.54) is 11.1 Å². The van der Waals surface area contributed by atoms with Crippen LogP contribution < -0.4 is 0 Å². The van der Waals surface area contributed by atoms with E-state index in [0.717, 1.165) is 6.42 Å². The maximum Gasteiger partial charge on any atom is 0.211 e. The highest BCUT2D eigenvalue weighted by molar-refractivity contribution is 7.07. The van der Waals surface area contributed by atoms with E-state index in [2.05, 4.69) is 44.5 Å². The average Bonchev–Trinajstić information content (AvgIpc) is 2.03. The van der Waals surface area contributed by atoms with Gasteiger partial charge in [-0.3, -0.25) is 0 Å². The zero-order valence-electron chi connectivity index (χ0n) is 8.35. The van der Waals surface area contributed by atoms with Gasteiger partial charge in [0.1, 0.15) is 0 Å². The Kier molecular flexibility index (Phi) is 2.84. The van der Waals surface area contributed by atoms with Crippen LogP contribution in [-0.2, 0) is 11.8 Å². The molecule has 0 radical (unpaired) electrons. The number of hydrogen-bond acceptors (Lipinski definition) is 0. The fourth-order valence-corrected chi connectivity index (χ4v) is 2.32. The maximum atomic E-state index is 2.28. The third-order valence-corrected chi connectivity index (χ3v) is 2.73. The highest BCUT2D eigenvalue weighted by Crippen LogP contribution is 2.27. The van der Waals surface area contributed by atoms with E-state index in [9.17, 15) is 0 Å². The minimum atomic E-state index is 0.295. The third kappa shape index (κ3) is 2.04. The van der Waals surface area contributed by atoms with Crippen LogP contribution in [-0.4, -0.2) is 0 Å². The van der Waals surface area contributed by atoms with Crippen molar-refractivity contribution in [3.05, 3.63) is 28.0 Å². The summed E-state index contributed by atoms with van der Waals surface area (Å²) in [5.41, 5.74) is 3.28. The Hall–Kier alpha value is -0.430. The standard InChI is InChI=1S/C11H17S/c1-5-9-6-7-12-8-10(9)11(2,3)4/h6-8H,5H2,1-4H3/q+1. The van der Waals surface area contributed by atoms with Gasteiger partial charge >= 0.3 is 0 Å². The molecule has 0 aliphatic carbocycles. The van der Waals surface area contributed by atoms with E-state index < -0.39 is 0 Å². The first-order valence-corrected chi connectivity index (χ1v) is 5.39. The van der Waals surface area contributed by atoms with Crippen molar-refractivity contribution in [2.75, 3.05) is 0 Å². The summed E-state index contributed by atoms with van der Waals surface area (Å²) in [6, 6.07) is 2.24. The lowest BCUT2D eigenvalue weighted by Gasteiger charge is -2.18. The molecule has 1 rings (SSSR count). The lowest BCUT2D eigenvalue weighted by molar-refractivity contribution is 0.585. The molecule has 1 heterocycles. The van der Waals surface area contributed by atoms with Crippen LogP contribution >= 0.6 is 11.3 Å². The highest BCUT2D eigenvalue weighted by atomic mass is 32.1. The van der Waals surface area contributed by atoms with Crippen molar-refractivity contribution < 1.29 is 0 Å². The van der Waals surface area contributed by atoms with E-state index in [0.29, 0.717) is 5.41 Å². The molecule has 1 aromatic heterocycles. The van der Waals surface area contributed by atoms with Crippen molar-refractivity contribution in [1.82, 2.24) is 0 Å².